The number of hydrogen-bond donors (Lipinski definition) is 0. The van der Waals surface area contributed by atoms with Crippen molar-refractivity contribution in [1.29, 1.82) is 0 Å². The van der Waals surface area contributed by atoms with Crippen molar-refractivity contribution in [2.24, 2.45) is 0 Å². The lowest BCUT2D eigenvalue weighted by atomic mass is 10.2. The Hall–Kier alpha value is 0.0569. The first-order valence-electron chi connectivity index (χ1n) is 5.73. The van der Waals surface area contributed by atoms with Crippen LogP contribution in [0.25, 0.3) is 0 Å². The predicted molar refractivity (Wildman–Crippen MR) is 60.8 cm³/mol. The van der Waals surface area contributed by atoms with Crippen LogP contribution in [0, 0.1) is 0 Å². The van der Waals surface area contributed by atoms with Gasteiger partial charge in [0.25, 0.3) is 0 Å². The smallest absolute Gasteiger partial charge is 0.292 e. The Labute approximate surface area is 94.0 Å². The second-order valence-corrected chi connectivity index (χ2v) is 9.89. The Morgan fingerprint density at radius 1 is 1.13 bits per heavy atom. The molecule has 0 aromatic rings. The van der Waals surface area contributed by atoms with Crippen molar-refractivity contribution in [2.45, 2.75) is 26.0 Å². The van der Waals surface area contributed by atoms with Gasteiger partial charge < -0.3 is 0 Å². The molecule has 2 aliphatic heterocycles. The van der Waals surface area contributed by atoms with E-state index in [4.69, 9.17) is 8.85 Å². The topological polar surface area (TPSA) is 18.5 Å². The van der Waals surface area contributed by atoms with Gasteiger partial charge in [-0.2, -0.15) is 0 Å². The van der Waals surface area contributed by atoms with Crippen LogP contribution in [0.2, 0.25) is 0 Å². The van der Waals surface area contributed by atoms with Crippen LogP contribution in [0.3, 0.4) is 0 Å². The fourth-order valence-electron chi connectivity index (χ4n) is 3.02. The van der Waals surface area contributed by atoms with E-state index in [0.29, 0.717) is 12.1 Å². The average Bonchev–Trinajstić information content (AvgIpc) is 2.48. The van der Waals surface area contributed by atoms with Crippen LogP contribution in [0.15, 0.2) is 0 Å². The summed E-state index contributed by atoms with van der Waals surface area (Å²) in [6, 6.07) is 0.521. The third-order valence-corrected chi connectivity index (χ3v) is 9.35. The van der Waals surface area contributed by atoms with Gasteiger partial charge in [0.05, 0.1) is 41.3 Å². The quantitative estimate of drug-likeness (QED) is 0.563. The summed E-state index contributed by atoms with van der Waals surface area (Å²) in [7, 11) is 6.87. The SMILES string of the molecule is CC1O[Si]2(OCC[N+]2(C)C)[N+](C)(C)C1C. The summed E-state index contributed by atoms with van der Waals surface area (Å²) in [5, 5.41) is 0. The van der Waals surface area contributed by atoms with E-state index in [9.17, 15) is 0 Å². The van der Waals surface area contributed by atoms with Crippen molar-refractivity contribution in [3.63, 3.8) is 0 Å². The second kappa shape index (κ2) is 3.04. The van der Waals surface area contributed by atoms with Crippen molar-refractivity contribution in [1.82, 2.24) is 0 Å². The van der Waals surface area contributed by atoms with Crippen LogP contribution in [-0.4, -0.2) is 70.7 Å². The normalized spacial score (nSPS) is 47.6. The van der Waals surface area contributed by atoms with Gasteiger partial charge in [-0.05, 0) is 13.8 Å². The minimum Gasteiger partial charge on any atom is -0.292 e. The molecule has 2 rings (SSSR count). The van der Waals surface area contributed by atoms with Gasteiger partial charge in [0.2, 0.25) is 0 Å². The third-order valence-electron chi connectivity index (χ3n) is 4.47. The summed E-state index contributed by atoms with van der Waals surface area (Å²) in [5.41, 5.74) is 0. The zero-order valence-corrected chi connectivity index (χ0v) is 11.8. The maximum absolute atomic E-state index is 6.31. The molecule has 0 aromatic heterocycles. The van der Waals surface area contributed by atoms with E-state index in [1.165, 1.54) is 0 Å². The zero-order valence-electron chi connectivity index (χ0n) is 10.8. The second-order valence-electron chi connectivity index (χ2n) is 5.91. The van der Waals surface area contributed by atoms with Gasteiger partial charge >= 0.3 is 8.88 Å². The lowest BCUT2D eigenvalue weighted by Gasteiger charge is -2.40. The molecule has 88 valence electrons. The highest BCUT2D eigenvalue weighted by molar-refractivity contribution is 6.52. The first-order chi connectivity index (χ1) is 6.75. The first-order valence-corrected chi connectivity index (χ1v) is 7.44. The molecule has 2 aliphatic rings. The van der Waals surface area contributed by atoms with E-state index < -0.39 is 8.88 Å². The molecule has 0 bridgehead atoms. The molecule has 0 aromatic carbocycles. The van der Waals surface area contributed by atoms with Gasteiger partial charge in [0, 0.05) is 0 Å². The minimum atomic E-state index is -2.18. The van der Waals surface area contributed by atoms with Gasteiger partial charge in [0.1, 0.15) is 12.1 Å². The Kier molecular flexibility index (Phi) is 2.34. The molecule has 3 unspecified atom stereocenters. The maximum atomic E-state index is 6.31. The van der Waals surface area contributed by atoms with E-state index >= 15 is 0 Å². The predicted octanol–water partition coefficient (Wildman–Crippen LogP) is 0.412. The van der Waals surface area contributed by atoms with Gasteiger partial charge in [-0.3, -0.25) is 17.1 Å². The lowest BCUT2D eigenvalue weighted by Crippen LogP contribution is -2.76. The molecule has 4 nitrogen and oxygen atoms in total. The van der Waals surface area contributed by atoms with Crippen LogP contribution in [0.1, 0.15) is 13.8 Å². The van der Waals surface area contributed by atoms with Crippen molar-refractivity contribution >= 4 is 8.88 Å². The molecule has 3 atom stereocenters. The first kappa shape index (κ1) is 11.5. The summed E-state index contributed by atoms with van der Waals surface area (Å²) in [4.78, 5) is 0. The number of likely N-dealkylation sites (N-methyl/N-ethyl adjacent to an activating group) is 2. The fourth-order valence-corrected chi connectivity index (χ4v) is 7.86. The van der Waals surface area contributed by atoms with Crippen LogP contribution in [-0.2, 0) is 8.85 Å². The van der Waals surface area contributed by atoms with Crippen molar-refractivity contribution in [3.05, 3.63) is 0 Å². The summed E-state index contributed by atoms with van der Waals surface area (Å²) in [6.45, 7) is 6.37. The zero-order chi connectivity index (χ0) is 11.5. The molecule has 0 saturated carbocycles. The van der Waals surface area contributed by atoms with Crippen molar-refractivity contribution in [3.8, 4) is 0 Å². The molecule has 2 saturated heterocycles. The minimum absolute atomic E-state index is 0.308. The molecule has 0 aliphatic carbocycles. The van der Waals surface area contributed by atoms with E-state index in [1.54, 1.807) is 0 Å². The number of hydrogen-bond acceptors (Lipinski definition) is 2. The van der Waals surface area contributed by atoms with Crippen molar-refractivity contribution in [2.75, 3.05) is 41.3 Å². The van der Waals surface area contributed by atoms with Crippen LogP contribution >= 0.6 is 0 Å². The van der Waals surface area contributed by atoms with Gasteiger partial charge in [0.15, 0.2) is 0 Å². The molecular weight excluding hydrogens is 208 g/mol. The van der Waals surface area contributed by atoms with Crippen LogP contribution < -0.4 is 0 Å². The number of quaternary nitrogens is 2. The Morgan fingerprint density at radius 3 is 2.07 bits per heavy atom. The molecular formula is C10H24N2O2Si+2. The maximum Gasteiger partial charge on any atom is 0.875 e. The van der Waals surface area contributed by atoms with Crippen LogP contribution in [0.5, 0.6) is 0 Å². The average molecular weight is 232 g/mol. The van der Waals surface area contributed by atoms with Crippen molar-refractivity contribution < 1.29 is 17.1 Å². The Morgan fingerprint density at radius 2 is 1.73 bits per heavy atom. The van der Waals surface area contributed by atoms with Gasteiger partial charge in [-0.1, -0.05) is 0 Å². The van der Waals surface area contributed by atoms with Gasteiger partial charge in [-0.25, -0.2) is 0 Å². The fraction of sp³-hybridized carbons (Fsp3) is 1.00. The van der Waals surface area contributed by atoms with E-state index in [0.717, 1.165) is 21.4 Å². The summed E-state index contributed by atoms with van der Waals surface area (Å²) < 4.78 is 14.3. The molecule has 0 N–H and O–H groups in total. The van der Waals surface area contributed by atoms with Crippen LogP contribution in [0.4, 0.5) is 0 Å². The summed E-state index contributed by atoms with van der Waals surface area (Å²) >= 11 is 0. The highest BCUT2D eigenvalue weighted by Gasteiger charge is 2.84. The molecule has 0 radical (unpaired) electrons. The lowest BCUT2D eigenvalue weighted by molar-refractivity contribution is -0.924. The van der Waals surface area contributed by atoms with Gasteiger partial charge in [-0.15, -0.1) is 0 Å². The molecule has 5 heteroatoms. The van der Waals surface area contributed by atoms with E-state index in [1.807, 2.05) is 0 Å². The molecule has 2 heterocycles. The Bertz CT molecular complexity index is 283. The molecule has 1 spiro atoms. The Balaban J connectivity index is 2.45. The van der Waals surface area contributed by atoms with E-state index in [-0.39, 0.29) is 0 Å². The molecule has 15 heavy (non-hydrogen) atoms. The number of rotatable bonds is 0. The largest absolute Gasteiger partial charge is 0.875 e. The third kappa shape index (κ3) is 1.21. The number of nitrogens with zero attached hydrogens (tertiary/aromatic N) is 2. The summed E-state index contributed by atoms with van der Waals surface area (Å²) in [5.74, 6) is 0. The standard InChI is InChI=1S/C10H24N2O2Si/c1-9-10(2)14-15(12(9,5)6)11(3,4)7-8-13-15/h9-10H,7-8H2,1-6H3/q+2. The monoisotopic (exact) mass is 232 g/mol. The molecule has 2 fully saturated rings. The highest BCUT2D eigenvalue weighted by atomic mass is 28.4. The summed E-state index contributed by atoms with van der Waals surface area (Å²) in [6.07, 6.45) is 0.308. The molecule has 0 amide bonds. The highest BCUT2D eigenvalue weighted by Crippen LogP contribution is 2.41. The van der Waals surface area contributed by atoms with E-state index in [2.05, 4.69) is 42.0 Å².